The molecule has 1 saturated heterocycles. The Morgan fingerprint density at radius 3 is 2.47 bits per heavy atom. The number of nitro benzene ring substituents is 1. The molecule has 11 nitrogen and oxygen atoms in total. The molecule has 174 valence electrons. The molecule has 13 heteroatoms. The molecular weight excluding hydrogens is 461 g/mol. The first-order valence-electron chi connectivity index (χ1n) is 9.92. The fourth-order valence-corrected chi connectivity index (χ4v) is 6.19. The van der Waals surface area contributed by atoms with E-state index in [0.29, 0.717) is 16.9 Å². The van der Waals surface area contributed by atoms with Gasteiger partial charge in [-0.2, -0.15) is 0 Å². The standard InChI is InChI=1S/C19H24N3O8PS/c1-4-29-31(27,30-5-2)20-15-17(23)21-16(12(3)11-32-18(15)21)19(24)28-10-13-6-8-14(9-7-13)22(25)26/h6-9,15,18H,4-5,10-11H2,1-3H3,(H,20,27). The molecule has 2 unspecified atom stereocenters. The number of non-ortho nitro benzene ring substituents is 1. The van der Waals surface area contributed by atoms with Crippen LogP contribution in [0.4, 0.5) is 5.69 Å². The topological polar surface area (TPSA) is 137 Å². The molecule has 0 aromatic heterocycles. The van der Waals surface area contributed by atoms with E-state index in [1.165, 1.54) is 40.9 Å². The van der Waals surface area contributed by atoms with Gasteiger partial charge in [-0.1, -0.05) is 0 Å². The maximum absolute atomic E-state index is 12.8. The van der Waals surface area contributed by atoms with Gasteiger partial charge in [0, 0.05) is 17.9 Å². The van der Waals surface area contributed by atoms with Gasteiger partial charge >= 0.3 is 13.7 Å². The number of amides is 1. The number of carbonyl (C=O) groups excluding carboxylic acids is 2. The van der Waals surface area contributed by atoms with Crippen LogP contribution in [0.15, 0.2) is 35.5 Å². The van der Waals surface area contributed by atoms with Crippen molar-refractivity contribution in [3.8, 4) is 0 Å². The normalized spacial score (nSPS) is 20.6. The van der Waals surface area contributed by atoms with Crippen molar-refractivity contribution in [3.05, 3.63) is 51.2 Å². The SMILES string of the molecule is CCOP(=O)(NC1C(=O)N2C(C(=O)OCc3ccc([N+](=O)[O-])cc3)=C(C)CSC12)OCC. The molecule has 0 aliphatic carbocycles. The second kappa shape index (κ2) is 10.1. The third-order valence-electron chi connectivity index (χ3n) is 4.76. The number of β-lactam (4-membered cyclic amide) rings is 1. The lowest BCUT2D eigenvalue weighted by molar-refractivity contribution is -0.384. The minimum atomic E-state index is -3.66. The van der Waals surface area contributed by atoms with Crippen LogP contribution < -0.4 is 5.09 Å². The number of benzene rings is 1. The third kappa shape index (κ3) is 5.05. The van der Waals surface area contributed by atoms with E-state index in [1.54, 1.807) is 20.8 Å². The highest BCUT2D eigenvalue weighted by Gasteiger charge is 2.55. The summed E-state index contributed by atoms with van der Waals surface area (Å²) in [4.78, 5) is 37.2. The van der Waals surface area contributed by atoms with Gasteiger partial charge in [0.05, 0.1) is 18.1 Å². The average molecular weight is 485 g/mol. The third-order valence-corrected chi connectivity index (χ3v) is 7.98. The summed E-state index contributed by atoms with van der Waals surface area (Å²) in [5.41, 5.74) is 1.35. The molecule has 0 saturated carbocycles. The number of esters is 1. The van der Waals surface area contributed by atoms with Crippen molar-refractivity contribution in [1.29, 1.82) is 0 Å². The Bertz CT molecular complexity index is 973. The van der Waals surface area contributed by atoms with Crippen LogP contribution in [0, 0.1) is 10.1 Å². The molecule has 0 bridgehead atoms. The number of fused-ring (bicyclic) bond motifs is 1. The average Bonchev–Trinajstić information content (AvgIpc) is 2.76. The number of nitrogens with one attached hydrogen (secondary N) is 1. The smallest absolute Gasteiger partial charge is 0.406 e. The number of carbonyl (C=O) groups is 2. The van der Waals surface area contributed by atoms with E-state index in [-0.39, 0.29) is 31.2 Å². The van der Waals surface area contributed by atoms with Crippen LogP contribution in [-0.4, -0.2) is 52.1 Å². The van der Waals surface area contributed by atoms with Crippen molar-refractivity contribution in [2.24, 2.45) is 0 Å². The first kappa shape index (κ1) is 24.4. The maximum atomic E-state index is 12.8. The van der Waals surface area contributed by atoms with Crippen molar-refractivity contribution < 1.29 is 32.9 Å². The van der Waals surface area contributed by atoms with Gasteiger partial charge in [0.25, 0.3) is 5.69 Å². The first-order chi connectivity index (χ1) is 15.2. The summed E-state index contributed by atoms with van der Waals surface area (Å²) in [5.74, 6) is -0.610. The predicted octanol–water partition coefficient (Wildman–Crippen LogP) is 2.97. The zero-order valence-corrected chi connectivity index (χ0v) is 19.5. The molecule has 2 aliphatic rings. The molecular formula is C19H24N3O8PS. The zero-order chi connectivity index (χ0) is 23.5. The summed E-state index contributed by atoms with van der Waals surface area (Å²) in [6, 6.07) is 4.82. The van der Waals surface area contributed by atoms with E-state index in [9.17, 15) is 24.3 Å². The Morgan fingerprint density at radius 1 is 1.28 bits per heavy atom. The number of thioether (sulfide) groups is 1. The van der Waals surface area contributed by atoms with Crippen LogP contribution in [0.2, 0.25) is 0 Å². The zero-order valence-electron chi connectivity index (χ0n) is 17.8. The molecule has 1 aromatic carbocycles. The van der Waals surface area contributed by atoms with Crippen molar-refractivity contribution in [3.63, 3.8) is 0 Å². The molecule has 32 heavy (non-hydrogen) atoms. The lowest BCUT2D eigenvalue weighted by atomic mass is 10.0. The molecule has 3 rings (SSSR count). The largest absolute Gasteiger partial charge is 0.456 e. The van der Waals surface area contributed by atoms with E-state index >= 15 is 0 Å². The summed E-state index contributed by atoms with van der Waals surface area (Å²) in [5, 5.41) is 13.0. The van der Waals surface area contributed by atoms with Gasteiger partial charge in [-0.25, -0.2) is 14.4 Å². The van der Waals surface area contributed by atoms with E-state index in [2.05, 4.69) is 5.09 Å². The van der Waals surface area contributed by atoms with Crippen LogP contribution >= 0.6 is 19.5 Å². The molecule has 2 heterocycles. The second-order valence-corrected chi connectivity index (χ2v) is 9.85. The van der Waals surface area contributed by atoms with Gasteiger partial charge in [-0.05, 0) is 44.0 Å². The van der Waals surface area contributed by atoms with Crippen molar-refractivity contribution in [2.75, 3.05) is 19.0 Å². The van der Waals surface area contributed by atoms with E-state index in [4.69, 9.17) is 13.8 Å². The van der Waals surface area contributed by atoms with Crippen molar-refractivity contribution >= 4 is 37.1 Å². The number of nitrogens with zero attached hydrogens (tertiary/aromatic N) is 2. The van der Waals surface area contributed by atoms with E-state index in [0.717, 1.165) is 0 Å². The first-order valence-corrected chi connectivity index (χ1v) is 12.5. The summed E-state index contributed by atoms with van der Waals surface area (Å²) < 4.78 is 28.5. The van der Waals surface area contributed by atoms with Crippen LogP contribution in [-0.2, 0) is 34.5 Å². The monoisotopic (exact) mass is 485 g/mol. The van der Waals surface area contributed by atoms with Crippen molar-refractivity contribution in [1.82, 2.24) is 9.99 Å². The van der Waals surface area contributed by atoms with E-state index < -0.39 is 36.0 Å². The van der Waals surface area contributed by atoms with Crippen LogP contribution in [0.3, 0.4) is 0 Å². The predicted molar refractivity (Wildman–Crippen MR) is 116 cm³/mol. The van der Waals surface area contributed by atoms with Crippen LogP contribution in [0.25, 0.3) is 0 Å². The lowest BCUT2D eigenvalue weighted by Crippen LogP contribution is -2.69. The Morgan fingerprint density at radius 2 is 1.91 bits per heavy atom. The maximum Gasteiger partial charge on any atom is 0.406 e. The van der Waals surface area contributed by atoms with Gasteiger partial charge in [-0.3, -0.25) is 28.9 Å². The minimum Gasteiger partial charge on any atom is -0.456 e. The molecule has 0 radical (unpaired) electrons. The Kier molecular flexibility index (Phi) is 7.73. The Balaban J connectivity index is 1.67. The number of rotatable bonds is 10. The van der Waals surface area contributed by atoms with Gasteiger partial charge in [0.2, 0.25) is 5.91 Å². The van der Waals surface area contributed by atoms with Gasteiger partial charge < -0.3 is 4.74 Å². The Hall–Kier alpha value is -2.24. The number of hydrogen-bond donors (Lipinski definition) is 1. The fraction of sp³-hybridized carbons (Fsp3) is 0.474. The molecule has 1 N–H and O–H groups in total. The summed E-state index contributed by atoms with van der Waals surface area (Å²) in [6.07, 6.45) is 0. The Labute approximate surface area is 189 Å². The summed E-state index contributed by atoms with van der Waals surface area (Å²) >= 11 is 1.43. The summed E-state index contributed by atoms with van der Waals surface area (Å²) in [6.45, 7) is 5.27. The second-order valence-electron chi connectivity index (χ2n) is 6.98. The van der Waals surface area contributed by atoms with Crippen molar-refractivity contribution in [2.45, 2.75) is 38.8 Å². The highest BCUT2D eigenvalue weighted by Crippen LogP contribution is 2.49. The highest BCUT2D eigenvalue weighted by atomic mass is 32.2. The van der Waals surface area contributed by atoms with Gasteiger partial charge in [-0.15, -0.1) is 11.8 Å². The number of hydrogen-bond acceptors (Lipinski definition) is 9. The molecule has 0 spiro atoms. The number of ether oxygens (including phenoxy) is 1. The molecule has 1 aromatic rings. The minimum absolute atomic E-state index is 0.0631. The molecule has 2 atom stereocenters. The highest BCUT2D eigenvalue weighted by molar-refractivity contribution is 8.00. The van der Waals surface area contributed by atoms with E-state index in [1.807, 2.05) is 0 Å². The van der Waals surface area contributed by atoms with Gasteiger partial charge in [0.1, 0.15) is 23.7 Å². The lowest BCUT2D eigenvalue weighted by Gasteiger charge is -2.50. The quantitative estimate of drug-likeness (QED) is 0.173. The summed E-state index contributed by atoms with van der Waals surface area (Å²) in [7, 11) is -3.66. The molecule has 2 aliphatic heterocycles. The number of nitro groups is 1. The molecule has 1 amide bonds. The van der Waals surface area contributed by atoms with Crippen LogP contribution in [0.5, 0.6) is 0 Å². The van der Waals surface area contributed by atoms with Gasteiger partial charge in [0.15, 0.2) is 0 Å². The molecule has 1 fully saturated rings. The fourth-order valence-electron chi connectivity index (χ4n) is 3.30. The van der Waals surface area contributed by atoms with Crippen LogP contribution in [0.1, 0.15) is 26.3 Å².